The van der Waals surface area contributed by atoms with E-state index in [-0.39, 0.29) is 5.56 Å². The average molecular weight is 600 g/mol. The van der Waals surface area contributed by atoms with Crippen molar-refractivity contribution in [2.45, 2.75) is 20.5 Å². The second-order valence-corrected chi connectivity index (χ2v) is 10.8. The van der Waals surface area contributed by atoms with Crippen molar-refractivity contribution in [2.24, 2.45) is 0 Å². The molecule has 0 fully saturated rings. The van der Waals surface area contributed by atoms with Gasteiger partial charge in [0.05, 0.1) is 22.7 Å². The van der Waals surface area contributed by atoms with Crippen LogP contribution in [0.25, 0.3) is 22.1 Å². The Labute approximate surface area is 216 Å². The fourth-order valence-corrected chi connectivity index (χ4v) is 5.91. The Morgan fingerprint density at radius 1 is 1.03 bits per heavy atom. The summed E-state index contributed by atoms with van der Waals surface area (Å²) in [6.07, 6.45) is 1.87. The lowest BCUT2D eigenvalue weighted by Crippen LogP contribution is -2.22. The van der Waals surface area contributed by atoms with Crippen molar-refractivity contribution in [3.05, 3.63) is 94.6 Å². The van der Waals surface area contributed by atoms with Crippen LogP contribution in [0.4, 0.5) is 0 Å². The van der Waals surface area contributed by atoms with Crippen LogP contribution >= 0.6 is 43.2 Å². The maximum absolute atomic E-state index is 13.2. The number of hydrogen-bond donors (Lipinski definition) is 0. The number of thiazole rings is 1. The van der Waals surface area contributed by atoms with E-state index < -0.39 is 0 Å². The summed E-state index contributed by atoms with van der Waals surface area (Å²) >= 11 is 8.41. The number of halogens is 2. The van der Waals surface area contributed by atoms with Crippen LogP contribution in [-0.4, -0.2) is 16.5 Å². The van der Waals surface area contributed by atoms with Gasteiger partial charge in [0.15, 0.2) is 16.5 Å². The Hall–Kier alpha value is -2.68. The highest BCUT2D eigenvalue weighted by atomic mass is 79.9. The minimum atomic E-state index is -0.0647. The van der Waals surface area contributed by atoms with Gasteiger partial charge in [-0.15, -0.1) is 0 Å². The zero-order valence-corrected chi connectivity index (χ0v) is 22.7. The Morgan fingerprint density at radius 3 is 2.59 bits per heavy atom. The lowest BCUT2D eigenvalue weighted by atomic mass is 10.1. The van der Waals surface area contributed by atoms with E-state index in [0.717, 1.165) is 36.7 Å². The third-order valence-electron chi connectivity index (χ3n) is 5.74. The molecule has 0 radical (unpaired) electrons. The number of benzene rings is 3. The fraction of sp³-hybridized carbons (Fsp3) is 0.154. The first-order chi connectivity index (χ1) is 16.3. The first-order valence-electron chi connectivity index (χ1n) is 10.5. The number of ether oxygens (including phenoxy) is 2. The van der Waals surface area contributed by atoms with E-state index in [0.29, 0.717) is 27.6 Å². The van der Waals surface area contributed by atoms with E-state index in [1.807, 2.05) is 61.5 Å². The minimum Gasteiger partial charge on any atom is -0.493 e. The summed E-state index contributed by atoms with van der Waals surface area (Å²) in [6, 6.07) is 15.7. The SMILES string of the molecule is COc1cc(/C=c2\sc3nc4cc(C)c(C)cc4n3c2=O)ccc1OCc1ccc(Br)cc1Br. The molecule has 0 N–H and O–H groups in total. The van der Waals surface area contributed by atoms with E-state index in [9.17, 15) is 4.79 Å². The van der Waals surface area contributed by atoms with Crippen LogP contribution < -0.4 is 19.6 Å². The van der Waals surface area contributed by atoms with E-state index in [2.05, 4.69) is 43.8 Å². The summed E-state index contributed by atoms with van der Waals surface area (Å²) in [5.74, 6) is 1.24. The summed E-state index contributed by atoms with van der Waals surface area (Å²) in [4.78, 5) is 18.5. The summed E-state index contributed by atoms with van der Waals surface area (Å²) in [5.41, 5.74) is 5.81. The van der Waals surface area contributed by atoms with E-state index in [1.54, 1.807) is 11.5 Å². The van der Waals surface area contributed by atoms with Crippen molar-refractivity contribution >= 4 is 65.3 Å². The number of aromatic nitrogens is 2. The third-order valence-corrected chi connectivity index (χ3v) is 7.94. The summed E-state index contributed by atoms with van der Waals surface area (Å²) in [5, 5.41) is 0. The number of nitrogens with zero attached hydrogens (tertiary/aromatic N) is 2. The molecule has 0 atom stereocenters. The van der Waals surface area contributed by atoms with E-state index in [1.165, 1.54) is 16.9 Å². The van der Waals surface area contributed by atoms with Crippen LogP contribution in [0.5, 0.6) is 11.5 Å². The minimum absolute atomic E-state index is 0.0647. The molecule has 34 heavy (non-hydrogen) atoms. The lowest BCUT2D eigenvalue weighted by molar-refractivity contribution is 0.284. The number of fused-ring (bicyclic) bond motifs is 3. The largest absolute Gasteiger partial charge is 0.493 e. The van der Waals surface area contributed by atoms with Crippen LogP contribution in [0.2, 0.25) is 0 Å². The number of rotatable bonds is 5. The van der Waals surface area contributed by atoms with Crippen LogP contribution in [0.15, 0.2) is 62.3 Å². The van der Waals surface area contributed by atoms with Crippen molar-refractivity contribution in [1.29, 1.82) is 0 Å². The van der Waals surface area contributed by atoms with Gasteiger partial charge >= 0.3 is 0 Å². The second kappa shape index (κ2) is 9.17. The van der Waals surface area contributed by atoms with Gasteiger partial charge in [-0.05, 0) is 73.0 Å². The van der Waals surface area contributed by atoms with Gasteiger partial charge in [-0.1, -0.05) is 55.3 Å². The maximum Gasteiger partial charge on any atom is 0.274 e. The van der Waals surface area contributed by atoms with Gasteiger partial charge < -0.3 is 9.47 Å². The van der Waals surface area contributed by atoms with Gasteiger partial charge in [-0.2, -0.15) is 0 Å². The Balaban J connectivity index is 1.48. The molecule has 0 saturated carbocycles. The van der Waals surface area contributed by atoms with Gasteiger partial charge in [0.2, 0.25) is 0 Å². The molecule has 0 aliphatic rings. The predicted octanol–water partition coefficient (Wildman–Crippen LogP) is 6.19. The molecule has 0 unspecified atom stereocenters. The first kappa shape index (κ1) is 23.1. The molecule has 5 aromatic rings. The highest BCUT2D eigenvalue weighted by molar-refractivity contribution is 9.11. The van der Waals surface area contributed by atoms with Crippen molar-refractivity contribution < 1.29 is 9.47 Å². The van der Waals surface area contributed by atoms with Crippen molar-refractivity contribution in [3.63, 3.8) is 0 Å². The molecule has 0 saturated heterocycles. The Kier molecular flexibility index (Phi) is 6.22. The van der Waals surface area contributed by atoms with E-state index in [4.69, 9.17) is 9.47 Å². The quantitative estimate of drug-likeness (QED) is 0.242. The van der Waals surface area contributed by atoms with E-state index >= 15 is 0 Å². The zero-order chi connectivity index (χ0) is 24.0. The topological polar surface area (TPSA) is 52.8 Å². The molecule has 172 valence electrons. The Morgan fingerprint density at radius 2 is 1.82 bits per heavy atom. The molecule has 5 rings (SSSR count). The monoisotopic (exact) mass is 598 g/mol. The smallest absolute Gasteiger partial charge is 0.274 e. The lowest BCUT2D eigenvalue weighted by Gasteiger charge is -2.12. The first-order valence-corrected chi connectivity index (χ1v) is 12.9. The number of methoxy groups -OCH3 is 1. The third kappa shape index (κ3) is 4.26. The van der Waals surface area contributed by atoms with Gasteiger partial charge in [-0.3, -0.25) is 4.79 Å². The van der Waals surface area contributed by atoms with Gasteiger partial charge in [0, 0.05) is 14.5 Å². The van der Waals surface area contributed by atoms with Crippen molar-refractivity contribution in [3.8, 4) is 11.5 Å². The highest BCUT2D eigenvalue weighted by Crippen LogP contribution is 2.30. The van der Waals surface area contributed by atoms with Crippen LogP contribution in [-0.2, 0) is 6.61 Å². The average Bonchev–Trinajstić information content (AvgIpc) is 3.29. The van der Waals surface area contributed by atoms with Crippen LogP contribution in [0.3, 0.4) is 0 Å². The molecular formula is C26H20Br2N2O3S. The second-order valence-electron chi connectivity index (χ2n) is 8.01. The molecule has 0 bridgehead atoms. The molecule has 5 nitrogen and oxygen atoms in total. The molecule has 0 aliphatic heterocycles. The maximum atomic E-state index is 13.2. The predicted molar refractivity (Wildman–Crippen MR) is 144 cm³/mol. The summed E-state index contributed by atoms with van der Waals surface area (Å²) < 4.78 is 15.9. The Bertz CT molecular complexity index is 1670. The standard InChI is InChI=1S/C26H20Br2N2O3S/c1-14-8-20-21(9-15(14)2)30-25(31)24(34-26(30)29-20)11-16-4-7-22(23(10-16)32-3)33-13-17-5-6-18(27)12-19(17)28/h4-12H,13H2,1-3H3/b24-11-. The summed E-state index contributed by atoms with van der Waals surface area (Å²) in [7, 11) is 1.61. The molecule has 0 aliphatic carbocycles. The van der Waals surface area contributed by atoms with Gasteiger partial charge in [0.1, 0.15) is 6.61 Å². The number of aryl methyl sites for hydroxylation is 2. The van der Waals surface area contributed by atoms with Gasteiger partial charge in [0.25, 0.3) is 5.56 Å². The molecule has 0 spiro atoms. The molecule has 2 aromatic heterocycles. The number of imidazole rings is 1. The van der Waals surface area contributed by atoms with Crippen LogP contribution in [0.1, 0.15) is 22.3 Å². The highest BCUT2D eigenvalue weighted by Gasteiger charge is 2.13. The van der Waals surface area contributed by atoms with Crippen molar-refractivity contribution in [1.82, 2.24) is 9.38 Å². The zero-order valence-electron chi connectivity index (χ0n) is 18.7. The summed E-state index contributed by atoms with van der Waals surface area (Å²) in [6.45, 7) is 4.49. The molecule has 3 aromatic carbocycles. The van der Waals surface area contributed by atoms with Crippen LogP contribution in [0, 0.1) is 13.8 Å². The van der Waals surface area contributed by atoms with Gasteiger partial charge in [-0.25, -0.2) is 9.38 Å². The molecular weight excluding hydrogens is 580 g/mol. The fourth-order valence-electron chi connectivity index (χ4n) is 3.76. The molecule has 2 heterocycles. The molecule has 8 heteroatoms. The molecule has 0 amide bonds. The normalized spacial score (nSPS) is 12.1. The van der Waals surface area contributed by atoms with Crippen molar-refractivity contribution in [2.75, 3.05) is 7.11 Å². The number of hydrogen-bond acceptors (Lipinski definition) is 5.